The third kappa shape index (κ3) is 1.83. The van der Waals surface area contributed by atoms with Crippen LogP contribution in [0.3, 0.4) is 0 Å². The first kappa shape index (κ1) is 11.4. The van der Waals surface area contributed by atoms with Crippen molar-refractivity contribution in [1.29, 1.82) is 0 Å². The van der Waals surface area contributed by atoms with Crippen LogP contribution in [-0.4, -0.2) is 14.5 Å². The van der Waals surface area contributed by atoms with Crippen LogP contribution >= 0.6 is 15.9 Å². The quantitative estimate of drug-likeness (QED) is 0.789. The molecule has 2 aromatic heterocycles. The first-order chi connectivity index (χ1) is 8.79. The lowest BCUT2D eigenvalue weighted by Crippen LogP contribution is -1.93. The zero-order valence-electron chi connectivity index (χ0n) is 9.55. The van der Waals surface area contributed by atoms with Crippen molar-refractivity contribution in [2.45, 2.75) is 6.61 Å². The molecule has 0 fully saturated rings. The molecule has 0 atom stereocenters. The van der Waals surface area contributed by atoms with Crippen LogP contribution in [0, 0.1) is 0 Å². The van der Waals surface area contributed by atoms with Crippen molar-refractivity contribution in [2.24, 2.45) is 0 Å². The summed E-state index contributed by atoms with van der Waals surface area (Å²) in [7, 11) is 0. The highest BCUT2D eigenvalue weighted by molar-refractivity contribution is 9.10. The molecule has 0 bridgehead atoms. The van der Waals surface area contributed by atoms with Crippen molar-refractivity contribution in [3.05, 3.63) is 58.8 Å². The number of pyridine rings is 1. The molecule has 0 aliphatic rings. The lowest BCUT2D eigenvalue weighted by atomic mass is 10.1. The lowest BCUT2D eigenvalue weighted by Gasteiger charge is -2.01. The van der Waals surface area contributed by atoms with Crippen LogP contribution in [0.1, 0.15) is 5.69 Å². The maximum Gasteiger partial charge on any atom is 0.137 e. The molecule has 0 amide bonds. The fourth-order valence-electron chi connectivity index (χ4n) is 2.05. The normalized spacial score (nSPS) is 11.0. The van der Waals surface area contributed by atoms with Gasteiger partial charge in [-0.05, 0) is 28.1 Å². The second-order valence-electron chi connectivity index (χ2n) is 4.01. The van der Waals surface area contributed by atoms with Crippen molar-refractivity contribution < 1.29 is 5.11 Å². The van der Waals surface area contributed by atoms with E-state index in [1.54, 1.807) is 0 Å². The zero-order chi connectivity index (χ0) is 12.5. The van der Waals surface area contributed by atoms with E-state index in [9.17, 15) is 5.11 Å². The first-order valence-corrected chi connectivity index (χ1v) is 6.41. The molecule has 0 unspecified atom stereocenters. The minimum Gasteiger partial charge on any atom is -0.390 e. The second kappa shape index (κ2) is 4.55. The van der Waals surface area contributed by atoms with E-state index in [1.807, 2.05) is 53.1 Å². The van der Waals surface area contributed by atoms with Crippen molar-refractivity contribution in [3.63, 3.8) is 0 Å². The summed E-state index contributed by atoms with van der Waals surface area (Å²) in [5.74, 6) is 0. The Bertz CT molecular complexity index is 692. The van der Waals surface area contributed by atoms with Gasteiger partial charge in [0.05, 0.1) is 18.0 Å². The highest BCUT2D eigenvalue weighted by Crippen LogP contribution is 2.25. The molecule has 0 aliphatic carbocycles. The summed E-state index contributed by atoms with van der Waals surface area (Å²) >= 11 is 3.43. The molecule has 0 saturated heterocycles. The molecule has 0 saturated carbocycles. The number of benzene rings is 1. The fraction of sp³-hybridized carbons (Fsp3) is 0.0714. The Balaban J connectivity index is 2.30. The molecule has 0 aliphatic heterocycles. The van der Waals surface area contributed by atoms with Gasteiger partial charge in [-0.15, -0.1) is 0 Å². The number of rotatable bonds is 2. The molecule has 3 aromatic rings. The predicted octanol–water partition coefficient (Wildman–Crippen LogP) is 3.26. The Kier molecular flexibility index (Phi) is 2.89. The number of nitrogens with zero attached hydrogens (tertiary/aromatic N) is 2. The maximum absolute atomic E-state index is 9.58. The smallest absolute Gasteiger partial charge is 0.137 e. The molecule has 3 nitrogen and oxygen atoms in total. The van der Waals surface area contributed by atoms with Crippen LogP contribution in [0.25, 0.3) is 16.9 Å². The Morgan fingerprint density at radius 1 is 1.11 bits per heavy atom. The van der Waals surface area contributed by atoms with Crippen LogP contribution in [0.2, 0.25) is 0 Å². The summed E-state index contributed by atoms with van der Waals surface area (Å²) in [5.41, 5.74) is 3.48. The molecular formula is C14H11BrN2O. The van der Waals surface area contributed by atoms with E-state index < -0.39 is 0 Å². The van der Waals surface area contributed by atoms with Gasteiger partial charge in [-0.2, -0.15) is 0 Å². The zero-order valence-corrected chi connectivity index (χ0v) is 11.1. The fourth-order valence-corrected chi connectivity index (χ4v) is 2.38. The van der Waals surface area contributed by atoms with Gasteiger partial charge in [-0.1, -0.05) is 30.3 Å². The summed E-state index contributed by atoms with van der Waals surface area (Å²) in [6.07, 6.45) is 1.92. The molecule has 0 radical (unpaired) electrons. The number of hydrogen-bond donors (Lipinski definition) is 1. The van der Waals surface area contributed by atoms with Crippen molar-refractivity contribution >= 4 is 21.6 Å². The molecule has 2 heterocycles. The number of halogens is 1. The van der Waals surface area contributed by atoms with Crippen LogP contribution < -0.4 is 0 Å². The van der Waals surface area contributed by atoms with Gasteiger partial charge in [-0.3, -0.25) is 4.40 Å². The third-order valence-electron chi connectivity index (χ3n) is 2.88. The van der Waals surface area contributed by atoms with E-state index in [2.05, 4.69) is 20.9 Å². The number of aromatic nitrogens is 2. The standard InChI is InChI=1S/C14H11BrN2O/c15-11-6-7-13-16-14(10-4-2-1-3-5-10)12(9-18)17(13)8-11/h1-8,18H,9H2. The van der Waals surface area contributed by atoms with E-state index in [0.29, 0.717) is 0 Å². The van der Waals surface area contributed by atoms with Crippen LogP contribution in [0.5, 0.6) is 0 Å². The Labute approximate surface area is 113 Å². The number of aliphatic hydroxyl groups excluding tert-OH is 1. The third-order valence-corrected chi connectivity index (χ3v) is 3.35. The van der Waals surface area contributed by atoms with Gasteiger partial charge in [0.1, 0.15) is 5.65 Å². The number of fused-ring (bicyclic) bond motifs is 1. The van der Waals surface area contributed by atoms with E-state index >= 15 is 0 Å². The second-order valence-corrected chi connectivity index (χ2v) is 4.92. The summed E-state index contributed by atoms with van der Waals surface area (Å²) in [6, 6.07) is 13.8. The molecule has 0 spiro atoms. The van der Waals surface area contributed by atoms with Gasteiger partial charge >= 0.3 is 0 Å². The van der Waals surface area contributed by atoms with Crippen LogP contribution in [0.15, 0.2) is 53.1 Å². The first-order valence-electron chi connectivity index (χ1n) is 5.62. The van der Waals surface area contributed by atoms with E-state index in [-0.39, 0.29) is 6.61 Å². The molecule has 1 N–H and O–H groups in total. The SMILES string of the molecule is OCc1c(-c2ccccc2)nc2ccc(Br)cn12. The summed E-state index contributed by atoms with van der Waals surface area (Å²) in [5, 5.41) is 9.58. The van der Waals surface area contributed by atoms with Gasteiger partial charge in [0, 0.05) is 16.2 Å². The van der Waals surface area contributed by atoms with Gasteiger partial charge in [0.25, 0.3) is 0 Å². The topological polar surface area (TPSA) is 37.5 Å². The lowest BCUT2D eigenvalue weighted by molar-refractivity contribution is 0.276. The van der Waals surface area contributed by atoms with Gasteiger partial charge in [0.2, 0.25) is 0 Å². The number of hydrogen-bond acceptors (Lipinski definition) is 2. The van der Waals surface area contributed by atoms with Gasteiger partial charge in [-0.25, -0.2) is 4.98 Å². The highest BCUT2D eigenvalue weighted by atomic mass is 79.9. The molecule has 90 valence electrons. The Morgan fingerprint density at radius 3 is 2.61 bits per heavy atom. The van der Waals surface area contributed by atoms with Gasteiger partial charge in [0.15, 0.2) is 0 Å². The highest BCUT2D eigenvalue weighted by Gasteiger charge is 2.12. The molecule has 18 heavy (non-hydrogen) atoms. The van der Waals surface area contributed by atoms with Crippen molar-refractivity contribution in [2.75, 3.05) is 0 Å². The van der Waals surface area contributed by atoms with E-state index in [4.69, 9.17) is 0 Å². The van der Waals surface area contributed by atoms with Crippen molar-refractivity contribution in [3.8, 4) is 11.3 Å². The number of imidazole rings is 1. The average molecular weight is 303 g/mol. The van der Waals surface area contributed by atoms with Crippen LogP contribution in [-0.2, 0) is 6.61 Å². The average Bonchev–Trinajstić information content (AvgIpc) is 2.77. The van der Waals surface area contributed by atoms with Crippen LogP contribution in [0.4, 0.5) is 0 Å². The Morgan fingerprint density at radius 2 is 1.89 bits per heavy atom. The predicted molar refractivity (Wildman–Crippen MR) is 74.3 cm³/mol. The van der Waals surface area contributed by atoms with Crippen molar-refractivity contribution in [1.82, 2.24) is 9.38 Å². The maximum atomic E-state index is 9.58. The molecule has 4 heteroatoms. The summed E-state index contributed by atoms with van der Waals surface area (Å²) in [6.45, 7) is -0.0398. The van der Waals surface area contributed by atoms with E-state index in [0.717, 1.165) is 27.1 Å². The minimum atomic E-state index is -0.0398. The monoisotopic (exact) mass is 302 g/mol. The molecule has 3 rings (SSSR count). The Hall–Kier alpha value is -1.65. The largest absolute Gasteiger partial charge is 0.390 e. The molecular weight excluding hydrogens is 292 g/mol. The molecule has 1 aromatic carbocycles. The summed E-state index contributed by atoms with van der Waals surface area (Å²) < 4.78 is 2.87. The summed E-state index contributed by atoms with van der Waals surface area (Å²) in [4.78, 5) is 4.58. The van der Waals surface area contributed by atoms with E-state index in [1.165, 1.54) is 0 Å². The number of aliphatic hydroxyl groups is 1. The van der Waals surface area contributed by atoms with Gasteiger partial charge < -0.3 is 5.11 Å². The minimum absolute atomic E-state index is 0.0398.